The first-order chi connectivity index (χ1) is 8.85. The number of hydrogen-bond acceptors (Lipinski definition) is 3. The van der Waals surface area contributed by atoms with E-state index in [2.05, 4.69) is 5.32 Å². The van der Waals surface area contributed by atoms with E-state index in [4.69, 9.17) is 5.11 Å². The van der Waals surface area contributed by atoms with E-state index in [-0.39, 0.29) is 12.6 Å². The average molecular weight is 272 g/mol. The molecular formula is C13H24N2O4. The van der Waals surface area contributed by atoms with Crippen LogP contribution < -0.4 is 5.32 Å². The van der Waals surface area contributed by atoms with Crippen molar-refractivity contribution in [3.05, 3.63) is 0 Å². The second-order valence-electron chi connectivity index (χ2n) is 5.49. The molecule has 2 amide bonds. The summed E-state index contributed by atoms with van der Waals surface area (Å²) in [6.07, 6.45) is 2.44. The Morgan fingerprint density at radius 1 is 1.37 bits per heavy atom. The molecule has 0 spiro atoms. The highest BCUT2D eigenvalue weighted by Crippen LogP contribution is 2.20. The lowest BCUT2D eigenvalue weighted by Crippen LogP contribution is -2.49. The molecule has 1 heterocycles. The van der Waals surface area contributed by atoms with Crippen LogP contribution in [0, 0.1) is 5.92 Å². The summed E-state index contributed by atoms with van der Waals surface area (Å²) in [5, 5.41) is 21.5. The summed E-state index contributed by atoms with van der Waals surface area (Å²) < 4.78 is 0. The predicted octanol–water partition coefficient (Wildman–Crippen LogP) is 1.04. The number of nitrogens with zero attached hydrogens (tertiary/aromatic N) is 1. The number of carboxylic acids is 1. The molecule has 0 aromatic rings. The number of hydrogen-bond donors (Lipinski definition) is 3. The van der Waals surface area contributed by atoms with Crippen LogP contribution in [0.1, 0.15) is 39.5 Å². The van der Waals surface area contributed by atoms with Gasteiger partial charge in [0.25, 0.3) is 0 Å². The van der Waals surface area contributed by atoms with Gasteiger partial charge in [0.1, 0.15) is 0 Å². The molecule has 0 aliphatic carbocycles. The van der Waals surface area contributed by atoms with Gasteiger partial charge in [0, 0.05) is 19.6 Å². The van der Waals surface area contributed by atoms with Gasteiger partial charge in [-0.2, -0.15) is 0 Å². The molecule has 1 aliphatic heterocycles. The molecule has 0 aromatic carbocycles. The number of aliphatic carboxylic acids is 1. The summed E-state index contributed by atoms with van der Waals surface area (Å²) >= 11 is 0. The minimum Gasteiger partial charge on any atom is -0.481 e. The molecule has 19 heavy (non-hydrogen) atoms. The normalized spacial score (nSPS) is 19.8. The first-order valence-corrected chi connectivity index (χ1v) is 6.83. The van der Waals surface area contributed by atoms with Crippen molar-refractivity contribution in [2.45, 2.75) is 45.1 Å². The highest BCUT2D eigenvalue weighted by atomic mass is 16.4. The van der Waals surface area contributed by atoms with E-state index in [9.17, 15) is 14.7 Å². The summed E-state index contributed by atoms with van der Waals surface area (Å²) in [6, 6.07) is -0.238. The van der Waals surface area contributed by atoms with Gasteiger partial charge >= 0.3 is 12.0 Å². The largest absolute Gasteiger partial charge is 0.481 e. The lowest BCUT2D eigenvalue weighted by Gasteiger charge is -2.35. The molecule has 0 saturated carbocycles. The number of aliphatic hydroxyl groups is 1. The molecule has 110 valence electrons. The van der Waals surface area contributed by atoms with Crippen LogP contribution >= 0.6 is 0 Å². The number of piperidine rings is 1. The number of carbonyl (C=O) groups excluding carboxylic acids is 1. The van der Waals surface area contributed by atoms with Gasteiger partial charge in [-0.05, 0) is 26.2 Å². The van der Waals surface area contributed by atoms with Crippen molar-refractivity contribution >= 4 is 12.0 Å². The second kappa shape index (κ2) is 6.75. The van der Waals surface area contributed by atoms with Crippen LogP contribution in [0.2, 0.25) is 0 Å². The van der Waals surface area contributed by atoms with Crippen molar-refractivity contribution in [1.82, 2.24) is 10.2 Å². The van der Waals surface area contributed by atoms with Crippen LogP contribution in [-0.2, 0) is 4.79 Å². The number of likely N-dealkylation sites (tertiary alicyclic amines) is 1. The number of carbonyl (C=O) groups is 2. The Hall–Kier alpha value is -1.30. The average Bonchev–Trinajstić information content (AvgIpc) is 2.33. The zero-order valence-corrected chi connectivity index (χ0v) is 11.7. The number of nitrogens with one attached hydrogen (secondary N) is 1. The van der Waals surface area contributed by atoms with Gasteiger partial charge in [0.05, 0.1) is 11.5 Å². The van der Waals surface area contributed by atoms with Crippen LogP contribution in [0.4, 0.5) is 4.79 Å². The van der Waals surface area contributed by atoms with Gasteiger partial charge in [0.15, 0.2) is 0 Å². The Morgan fingerprint density at radius 3 is 2.42 bits per heavy atom. The fraction of sp³-hybridized carbons (Fsp3) is 0.846. The lowest BCUT2D eigenvalue weighted by molar-refractivity contribution is -0.141. The molecule has 1 fully saturated rings. The van der Waals surface area contributed by atoms with Gasteiger partial charge < -0.3 is 20.4 Å². The predicted molar refractivity (Wildman–Crippen MR) is 70.9 cm³/mol. The minimum absolute atomic E-state index is 0.162. The Kier molecular flexibility index (Phi) is 5.60. The van der Waals surface area contributed by atoms with E-state index in [1.54, 1.807) is 11.8 Å². The van der Waals surface area contributed by atoms with E-state index in [0.717, 1.165) is 6.42 Å². The van der Waals surface area contributed by atoms with Crippen molar-refractivity contribution in [3.8, 4) is 0 Å². The maximum Gasteiger partial charge on any atom is 0.317 e. The van der Waals surface area contributed by atoms with Gasteiger partial charge in [0.2, 0.25) is 0 Å². The summed E-state index contributed by atoms with van der Waals surface area (Å²) in [5.41, 5.74) is -0.692. The monoisotopic (exact) mass is 272 g/mol. The topological polar surface area (TPSA) is 89.9 Å². The van der Waals surface area contributed by atoms with E-state index in [1.165, 1.54) is 0 Å². The number of urea groups is 1. The summed E-state index contributed by atoms with van der Waals surface area (Å²) in [6.45, 7) is 4.86. The molecule has 3 N–H and O–H groups in total. The number of carboxylic acid groups (broad SMARTS) is 1. The van der Waals surface area contributed by atoms with Crippen LogP contribution in [-0.4, -0.2) is 52.3 Å². The Bertz CT molecular complexity index is 321. The lowest BCUT2D eigenvalue weighted by atomic mass is 9.94. The second-order valence-corrected chi connectivity index (χ2v) is 5.49. The van der Waals surface area contributed by atoms with Gasteiger partial charge in [-0.15, -0.1) is 0 Å². The van der Waals surface area contributed by atoms with Crippen LogP contribution in [0.15, 0.2) is 0 Å². The van der Waals surface area contributed by atoms with E-state index in [0.29, 0.717) is 32.4 Å². The zero-order valence-electron chi connectivity index (χ0n) is 11.7. The first-order valence-electron chi connectivity index (χ1n) is 6.83. The van der Waals surface area contributed by atoms with E-state index < -0.39 is 17.5 Å². The summed E-state index contributed by atoms with van der Waals surface area (Å²) in [5.74, 6) is -1.40. The highest BCUT2D eigenvalue weighted by Gasteiger charge is 2.29. The Morgan fingerprint density at radius 2 is 1.95 bits per heavy atom. The highest BCUT2D eigenvalue weighted by molar-refractivity contribution is 5.76. The van der Waals surface area contributed by atoms with Crippen molar-refractivity contribution in [3.63, 3.8) is 0 Å². The molecule has 0 aromatic heterocycles. The molecule has 1 unspecified atom stereocenters. The van der Waals surface area contributed by atoms with Crippen molar-refractivity contribution in [1.29, 1.82) is 0 Å². The quantitative estimate of drug-likeness (QED) is 0.697. The van der Waals surface area contributed by atoms with Gasteiger partial charge in [-0.3, -0.25) is 4.79 Å². The summed E-state index contributed by atoms with van der Waals surface area (Å²) in [4.78, 5) is 24.5. The van der Waals surface area contributed by atoms with E-state index in [1.807, 2.05) is 6.92 Å². The van der Waals surface area contributed by atoms with Crippen LogP contribution in [0.5, 0.6) is 0 Å². The van der Waals surface area contributed by atoms with Crippen molar-refractivity contribution < 1.29 is 19.8 Å². The number of amides is 2. The SMILES string of the molecule is CCCC(CNC(=O)N1CCC(C)(O)CC1)C(=O)O. The molecule has 6 heteroatoms. The van der Waals surface area contributed by atoms with E-state index >= 15 is 0 Å². The van der Waals surface area contributed by atoms with Gasteiger partial charge in [-0.25, -0.2) is 4.79 Å². The third kappa shape index (κ3) is 5.06. The molecule has 6 nitrogen and oxygen atoms in total. The fourth-order valence-electron chi connectivity index (χ4n) is 2.18. The standard InChI is InChI=1S/C13H24N2O4/c1-3-4-10(11(16)17)9-14-12(18)15-7-5-13(2,19)6-8-15/h10,19H,3-9H2,1-2H3,(H,14,18)(H,16,17). The molecule has 0 bridgehead atoms. The summed E-state index contributed by atoms with van der Waals surface area (Å²) in [7, 11) is 0. The van der Waals surface area contributed by atoms with Crippen molar-refractivity contribution in [2.24, 2.45) is 5.92 Å². The van der Waals surface area contributed by atoms with Crippen molar-refractivity contribution in [2.75, 3.05) is 19.6 Å². The maximum atomic E-state index is 11.9. The molecule has 1 rings (SSSR count). The molecule has 1 atom stereocenters. The number of rotatable bonds is 5. The smallest absolute Gasteiger partial charge is 0.317 e. The van der Waals surface area contributed by atoms with Gasteiger partial charge in [-0.1, -0.05) is 13.3 Å². The molecule has 0 radical (unpaired) electrons. The Balaban J connectivity index is 2.37. The Labute approximate surface area is 113 Å². The maximum absolute atomic E-state index is 11.9. The zero-order chi connectivity index (χ0) is 14.5. The minimum atomic E-state index is -0.872. The molecular weight excluding hydrogens is 248 g/mol. The first kappa shape index (κ1) is 15.8. The fourth-order valence-corrected chi connectivity index (χ4v) is 2.18. The van der Waals surface area contributed by atoms with Crippen LogP contribution in [0.25, 0.3) is 0 Å². The molecule has 1 saturated heterocycles. The third-order valence-electron chi connectivity index (χ3n) is 3.61. The third-order valence-corrected chi connectivity index (χ3v) is 3.61. The molecule has 1 aliphatic rings. The van der Waals surface area contributed by atoms with Crippen LogP contribution in [0.3, 0.4) is 0 Å².